The molecule has 0 bridgehead atoms. The maximum absolute atomic E-state index is 6.26. The Hall–Kier alpha value is -2.82. The van der Waals surface area contributed by atoms with Crippen LogP contribution >= 0.6 is 23.2 Å². The van der Waals surface area contributed by atoms with Crippen LogP contribution in [0.5, 0.6) is 11.5 Å². The molecule has 0 spiro atoms. The lowest BCUT2D eigenvalue weighted by Gasteiger charge is -2.14. The van der Waals surface area contributed by atoms with Gasteiger partial charge in [-0.2, -0.15) is 0 Å². The molecule has 0 fully saturated rings. The fourth-order valence-corrected chi connectivity index (χ4v) is 3.30. The molecule has 4 rings (SSSR count). The van der Waals surface area contributed by atoms with E-state index in [1.54, 1.807) is 29.1 Å². The molecule has 1 aromatic heterocycles. The average molecular weight is 396 g/mol. The predicted octanol–water partition coefficient (Wildman–Crippen LogP) is 6.34. The zero-order chi connectivity index (χ0) is 18.8. The van der Waals surface area contributed by atoms with Crippen LogP contribution in [0.3, 0.4) is 0 Å². The summed E-state index contributed by atoms with van der Waals surface area (Å²) in [6.07, 6.45) is 1.74. The number of ether oxygens (including phenoxy) is 1. The lowest BCUT2D eigenvalue weighted by molar-refractivity contribution is 0.478. The first kappa shape index (κ1) is 17.6. The Bertz CT molecular complexity index is 1110. The second kappa shape index (κ2) is 7.43. The van der Waals surface area contributed by atoms with Crippen molar-refractivity contribution in [1.82, 2.24) is 15.0 Å². The Labute approximate surface area is 166 Å². The molecule has 0 aliphatic heterocycles. The van der Waals surface area contributed by atoms with Crippen LogP contribution in [0.25, 0.3) is 16.9 Å². The van der Waals surface area contributed by atoms with E-state index in [1.165, 1.54) is 0 Å². The van der Waals surface area contributed by atoms with Crippen molar-refractivity contribution in [2.45, 2.75) is 6.92 Å². The topological polar surface area (TPSA) is 39.9 Å². The van der Waals surface area contributed by atoms with E-state index in [9.17, 15) is 0 Å². The van der Waals surface area contributed by atoms with Crippen molar-refractivity contribution in [3.05, 3.63) is 88.5 Å². The molecule has 4 nitrogen and oxygen atoms in total. The van der Waals surface area contributed by atoms with Gasteiger partial charge in [-0.1, -0.05) is 64.8 Å². The smallest absolute Gasteiger partial charge is 0.153 e. The molecule has 27 heavy (non-hydrogen) atoms. The van der Waals surface area contributed by atoms with Crippen LogP contribution in [-0.2, 0) is 0 Å². The van der Waals surface area contributed by atoms with E-state index in [0.29, 0.717) is 21.5 Å². The number of nitrogens with zero attached hydrogens (tertiary/aromatic N) is 3. The van der Waals surface area contributed by atoms with Gasteiger partial charge in [0.2, 0.25) is 0 Å². The standard InChI is InChI=1S/C21H15Cl2N3O/c1-14-6-2-3-7-16(14)19-13-24-25-26(19)18-8-4-5-9-21(18)27-20-11-10-15(22)12-17(20)23/h2-13H,1H3. The number of benzene rings is 3. The monoisotopic (exact) mass is 395 g/mol. The normalized spacial score (nSPS) is 10.8. The zero-order valence-electron chi connectivity index (χ0n) is 14.4. The Balaban J connectivity index is 1.79. The summed E-state index contributed by atoms with van der Waals surface area (Å²) >= 11 is 12.2. The van der Waals surface area contributed by atoms with Gasteiger partial charge in [0.05, 0.1) is 16.9 Å². The molecule has 0 N–H and O–H groups in total. The Morgan fingerprint density at radius 3 is 2.48 bits per heavy atom. The number of hydrogen-bond acceptors (Lipinski definition) is 3. The fraction of sp³-hybridized carbons (Fsp3) is 0.0476. The van der Waals surface area contributed by atoms with Crippen molar-refractivity contribution in [3.63, 3.8) is 0 Å². The van der Waals surface area contributed by atoms with Crippen LogP contribution < -0.4 is 4.74 Å². The van der Waals surface area contributed by atoms with E-state index in [-0.39, 0.29) is 0 Å². The maximum atomic E-state index is 6.26. The van der Waals surface area contributed by atoms with E-state index < -0.39 is 0 Å². The van der Waals surface area contributed by atoms with Gasteiger partial charge in [-0.05, 0) is 42.8 Å². The van der Waals surface area contributed by atoms with Crippen LogP contribution in [0.15, 0.2) is 72.9 Å². The van der Waals surface area contributed by atoms with Crippen molar-refractivity contribution < 1.29 is 4.74 Å². The van der Waals surface area contributed by atoms with Gasteiger partial charge in [0.15, 0.2) is 5.75 Å². The summed E-state index contributed by atoms with van der Waals surface area (Å²) in [5.74, 6) is 1.13. The predicted molar refractivity (Wildman–Crippen MR) is 108 cm³/mol. The molecule has 3 aromatic carbocycles. The highest BCUT2D eigenvalue weighted by atomic mass is 35.5. The highest BCUT2D eigenvalue weighted by Crippen LogP contribution is 2.35. The number of rotatable bonds is 4. The summed E-state index contributed by atoms with van der Waals surface area (Å²) in [4.78, 5) is 0. The molecule has 0 atom stereocenters. The van der Waals surface area contributed by atoms with E-state index in [4.69, 9.17) is 27.9 Å². The van der Waals surface area contributed by atoms with Crippen LogP contribution in [0, 0.1) is 6.92 Å². The van der Waals surface area contributed by atoms with Crippen LogP contribution in [0.2, 0.25) is 10.0 Å². The zero-order valence-corrected chi connectivity index (χ0v) is 15.9. The number of halogens is 2. The third-order valence-electron chi connectivity index (χ3n) is 4.18. The molecule has 4 aromatic rings. The van der Waals surface area contributed by atoms with Gasteiger partial charge in [-0.3, -0.25) is 0 Å². The first-order valence-electron chi connectivity index (χ1n) is 8.32. The molecular formula is C21H15Cl2N3O. The van der Waals surface area contributed by atoms with E-state index in [2.05, 4.69) is 23.3 Å². The second-order valence-corrected chi connectivity index (χ2v) is 6.83. The maximum Gasteiger partial charge on any atom is 0.153 e. The van der Waals surface area contributed by atoms with E-state index >= 15 is 0 Å². The molecule has 6 heteroatoms. The van der Waals surface area contributed by atoms with Gasteiger partial charge in [-0.15, -0.1) is 5.10 Å². The number of aromatic nitrogens is 3. The minimum atomic E-state index is 0.440. The molecule has 0 radical (unpaired) electrons. The summed E-state index contributed by atoms with van der Waals surface area (Å²) in [6, 6.07) is 20.8. The molecule has 0 saturated carbocycles. The van der Waals surface area contributed by atoms with Crippen molar-refractivity contribution in [2.75, 3.05) is 0 Å². The highest BCUT2D eigenvalue weighted by molar-refractivity contribution is 6.35. The highest BCUT2D eigenvalue weighted by Gasteiger charge is 2.15. The number of aryl methyl sites for hydroxylation is 1. The van der Waals surface area contributed by atoms with Crippen LogP contribution in [0.1, 0.15) is 5.56 Å². The van der Waals surface area contributed by atoms with Gasteiger partial charge in [0, 0.05) is 10.6 Å². The number of para-hydroxylation sites is 2. The van der Waals surface area contributed by atoms with Crippen molar-refractivity contribution in [2.24, 2.45) is 0 Å². The van der Waals surface area contributed by atoms with Gasteiger partial charge < -0.3 is 4.74 Å². The summed E-state index contributed by atoms with van der Waals surface area (Å²) in [7, 11) is 0. The van der Waals surface area contributed by atoms with Crippen LogP contribution in [-0.4, -0.2) is 15.0 Å². The second-order valence-electron chi connectivity index (χ2n) is 5.99. The lowest BCUT2D eigenvalue weighted by Crippen LogP contribution is -2.02. The summed E-state index contributed by atoms with van der Waals surface area (Å²) in [5, 5.41) is 9.38. The van der Waals surface area contributed by atoms with Gasteiger partial charge >= 0.3 is 0 Å². The Morgan fingerprint density at radius 2 is 1.67 bits per heavy atom. The SMILES string of the molecule is Cc1ccccc1-c1cnnn1-c1ccccc1Oc1ccc(Cl)cc1Cl. The Morgan fingerprint density at radius 1 is 0.889 bits per heavy atom. The summed E-state index contributed by atoms with van der Waals surface area (Å²) < 4.78 is 7.83. The quantitative estimate of drug-likeness (QED) is 0.404. The first-order valence-corrected chi connectivity index (χ1v) is 9.08. The average Bonchev–Trinajstić information content (AvgIpc) is 3.14. The number of hydrogen-bond donors (Lipinski definition) is 0. The van der Waals surface area contributed by atoms with E-state index in [1.807, 2.05) is 42.5 Å². The minimum absolute atomic E-state index is 0.440. The minimum Gasteiger partial charge on any atom is -0.454 e. The third kappa shape index (κ3) is 3.54. The molecule has 134 valence electrons. The van der Waals surface area contributed by atoms with Crippen LogP contribution in [0.4, 0.5) is 0 Å². The molecule has 0 aliphatic rings. The molecular weight excluding hydrogens is 381 g/mol. The molecule has 0 saturated heterocycles. The molecule has 0 amide bonds. The molecule has 0 unspecified atom stereocenters. The van der Waals surface area contributed by atoms with Crippen molar-refractivity contribution in [1.29, 1.82) is 0 Å². The van der Waals surface area contributed by atoms with Gasteiger partial charge in [-0.25, -0.2) is 4.68 Å². The van der Waals surface area contributed by atoms with E-state index in [0.717, 1.165) is 22.5 Å². The first-order chi connectivity index (χ1) is 13.1. The van der Waals surface area contributed by atoms with Gasteiger partial charge in [0.25, 0.3) is 0 Å². The summed E-state index contributed by atoms with van der Waals surface area (Å²) in [6.45, 7) is 2.06. The molecule has 1 heterocycles. The van der Waals surface area contributed by atoms with Crippen molar-refractivity contribution in [3.8, 4) is 28.4 Å². The summed E-state index contributed by atoms with van der Waals surface area (Å²) in [5.41, 5.74) is 3.84. The third-order valence-corrected chi connectivity index (χ3v) is 4.71. The lowest BCUT2D eigenvalue weighted by atomic mass is 10.1. The van der Waals surface area contributed by atoms with Gasteiger partial charge in [0.1, 0.15) is 11.4 Å². The largest absolute Gasteiger partial charge is 0.454 e. The Kier molecular flexibility index (Phi) is 4.84. The fourth-order valence-electron chi connectivity index (χ4n) is 2.85. The molecule has 0 aliphatic carbocycles. The van der Waals surface area contributed by atoms with Crippen molar-refractivity contribution >= 4 is 23.2 Å².